The molecule has 0 atom stereocenters. The van der Waals surface area contributed by atoms with Gasteiger partial charge in [-0.1, -0.05) is 35.0 Å². The van der Waals surface area contributed by atoms with Crippen molar-refractivity contribution >= 4 is 21.8 Å². The van der Waals surface area contributed by atoms with E-state index in [1.54, 1.807) is 36.4 Å². The monoisotopic (exact) mass is 410 g/mol. The van der Waals surface area contributed by atoms with Crippen molar-refractivity contribution in [1.29, 1.82) is 0 Å². The summed E-state index contributed by atoms with van der Waals surface area (Å²) in [7, 11) is -3.81. The van der Waals surface area contributed by atoms with E-state index in [1.165, 1.54) is 23.2 Å². The molecule has 2 aromatic carbocycles. The molecule has 0 fully saturated rings. The molecule has 0 aliphatic carbocycles. The number of aryl methyl sites for hydroxylation is 2. The molecular formula is C20H18N4O4S. The Morgan fingerprint density at radius 1 is 0.931 bits per heavy atom. The smallest absolute Gasteiger partial charge is 0.274 e. The van der Waals surface area contributed by atoms with Crippen molar-refractivity contribution in [3.63, 3.8) is 0 Å². The quantitative estimate of drug-likeness (QED) is 0.577. The third kappa shape index (κ3) is 3.44. The van der Waals surface area contributed by atoms with E-state index in [4.69, 9.17) is 0 Å². The van der Waals surface area contributed by atoms with E-state index in [9.17, 15) is 18.0 Å². The molecule has 3 aromatic rings. The molecule has 1 aliphatic rings. The molecule has 0 radical (unpaired) electrons. The largest absolute Gasteiger partial charge is 0.284 e. The van der Waals surface area contributed by atoms with Crippen LogP contribution in [0.1, 0.15) is 38.4 Å². The average molecular weight is 410 g/mol. The summed E-state index contributed by atoms with van der Waals surface area (Å²) in [5, 5.41) is 7.64. The van der Waals surface area contributed by atoms with E-state index < -0.39 is 10.0 Å². The second kappa shape index (κ2) is 7.25. The van der Waals surface area contributed by atoms with Crippen molar-refractivity contribution < 1.29 is 18.0 Å². The lowest BCUT2D eigenvalue weighted by molar-refractivity contribution is 0.0652. The standard InChI is InChI=1S/C20H18N4O4S/c1-14-8-10-16(11-9-14)29(27,28)24-13-15(21-22-24)5-4-12-23-19(25)17-6-2-3-7-18(17)20(23)26/h2-3,6-11,13H,4-5,12H2,1H3. The first-order valence-corrected chi connectivity index (χ1v) is 10.5. The summed E-state index contributed by atoms with van der Waals surface area (Å²) in [6.45, 7) is 2.10. The van der Waals surface area contributed by atoms with Crippen LogP contribution in [0.5, 0.6) is 0 Å². The minimum atomic E-state index is -3.81. The third-order valence-electron chi connectivity index (χ3n) is 4.78. The molecule has 148 valence electrons. The van der Waals surface area contributed by atoms with E-state index in [0.29, 0.717) is 29.7 Å². The summed E-state index contributed by atoms with van der Waals surface area (Å²) in [6.07, 6.45) is 2.20. The van der Waals surface area contributed by atoms with Gasteiger partial charge in [-0.3, -0.25) is 14.5 Å². The minimum Gasteiger partial charge on any atom is -0.274 e. The van der Waals surface area contributed by atoms with E-state index in [0.717, 1.165) is 9.65 Å². The summed E-state index contributed by atoms with van der Waals surface area (Å²) in [6, 6.07) is 13.2. The molecule has 2 amide bonds. The van der Waals surface area contributed by atoms with Crippen LogP contribution in [0.25, 0.3) is 0 Å². The normalized spacial score (nSPS) is 13.8. The van der Waals surface area contributed by atoms with Crippen molar-refractivity contribution in [3.8, 4) is 0 Å². The van der Waals surface area contributed by atoms with Crippen LogP contribution in [-0.4, -0.2) is 46.1 Å². The molecule has 0 N–H and O–H groups in total. The Morgan fingerprint density at radius 3 is 2.17 bits per heavy atom. The molecule has 4 rings (SSSR count). The first-order chi connectivity index (χ1) is 13.9. The Labute approximate surface area is 167 Å². The maximum Gasteiger partial charge on any atom is 0.284 e. The van der Waals surface area contributed by atoms with Crippen LogP contribution >= 0.6 is 0 Å². The number of carbonyl (C=O) groups is 2. The van der Waals surface area contributed by atoms with Gasteiger partial charge in [0.15, 0.2) is 0 Å². The molecule has 0 saturated carbocycles. The fourth-order valence-electron chi connectivity index (χ4n) is 3.19. The average Bonchev–Trinajstić information content (AvgIpc) is 3.28. The van der Waals surface area contributed by atoms with Crippen molar-refractivity contribution in [1.82, 2.24) is 19.3 Å². The van der Waals surface area contributed by atoms with E-state index in [-0.39, 0.29) is 23.3 Å². The summed E-state index contributed by atoms with van der Waals surface area (Å²) in [5.41, 5.74) is 2.24. The zero-order valence-electron chi connectivity index (χ0n) is 15.6. The van der Waals surface area contributed by atoms with Crippen LogP contribution in [0.15, 0.2) is 59.6 Å². The predicted molar refractivity (Wildman–Crippen MR) is 104 cm³/mol. The van der Waals surface area contributed by atoms with Crippen LogP contribution in [0, 0.1) is 6.92 Å². The molecule has 1 aromatic heterocycles. The molecule has 0 unspecified atom stereocenters. The van der Waals surface area contributed by atoms with Crippen molar-refractivity contribution in [2.45, 2.75) is 24.7 Å². The number of rotatable bonds is 6. The van der Waals surface area contributed by atoms with E-state index in [2.05, 4.69) is 10.3 Å². The number of nitrogens with zero attached hydrogens (tertiary/aromatic N) is 4. The van der Waals surface area contributed by atoms with Crippen LogP contribution < -0.4 is 0 Å². The molecular weight excluding hydrogens is 392 g/mol. The highest BCUT2D eigenvalue weighted by Gasteiger charge is 2.34. The molecule has 8 nitrogen and oxygen atoms in total. The van der Waals surface area contributed by atoms with Gasteiger partial charge in [-0.25, -0.2) is 0 Å². The Kier molecular flexibility index (Phi) is 4.75. The summed E-state index contributed by atoms with van der Waals surface area (Å²) in [4.78, 5) is 26.1. The predicted octanol–water partition coefficient (Wildman–Crippen LogP) is 2.05. The van der Waals surface area contributed by atoms with Gasteiger partial charge < -0.3 is 0 Å². The fraction of sp³-hybridized carbons (Fsp3) is 0.200. The molecule has 0 spiro atoms. The maximum atomic E-state index is 12.6. The Balaban J connectivity index is 1.41. The van der Waals surface area contributed by atoms with Gasteiger partial charge in [-0.2, -0.15) is 8.42 Å². The van der Waals surface area contributed by atoms with Crippen LogP contribution in [0.2, 0.25) is 0 Å². The number of benzene rings is 2. The number of carbonyl (C=O) groups excluding carboxylic acids is 2. The molecule has 0 bridgehead atoms. The number of amides is 2. The zero-order chi connectivity index (χ0) is 20.6. The Morgan fingerprint density at radius 2 is 1.55 bits per heavy atom. The Hall–Kier alpha value is -3.33. The highest BCUT2D eigenvalue weighted by molar-refractivity contribution is 7.89. The lowest BCUT2D eigenvalue weighted by Gasteiger charge is -2.12. The van der Waals surface area contributed by atoms with Gasteiger partial charge in [0.2, 0.25) is 0 Å². The van der Waals surface area contributed by atoms with Gasteiger partial charge in [-0.15, -0.1) is 9.19 Å². The van der Waals surface area contributed by atoms with Gasteiger partial charge in [0.05, 0.1) is 27.9 Å². The second-order valence-electron chi connectivity index (χ2n) is 6.81. The first-order valence-electron chi connectivity index (χ1n) is 9.06. The first kappa shape index (κ1) is 19.0. The SMILES string of the molecule is Cc1ccc(S(=O)(=O)n2cc(CCCN3C(=O)c4ccccc4C3=O)nn2)cc1. The van der Waals surface area contributed by atoms with E-state index >= 15 is 0 Å². The summed E-state index contributed by atoms with van der Waals surface area (Å²) in [5.74, 6) is -0.618. The van der Waals surface area contributed by atoms with Gasteiger partial charge in [0.25, 0.3) is 21.8 Å². The third-order valence-corrected chi connectivity index (χ3v) is 6.32. The lowest BCUT2D eigenvalue weighted by atomic mass is 10.1. The second-order valence-corrected chi connectivity index (χ2v) is 8.61. The van der Waals surface area contributed by atoms with Crippen LogP contribution in [0.4, 0.5) is 0 Å². The number of fused-ring (bicyclic) bond motifs is 1. The Bertz CT molecular complexity index is 1160. The molecule has 2 heterocycles. The highest BCUT2D eigenvalue weighted by Crippen LogP contribution is 2.22. The number of imide groups is 1. The topological polar surface area (TPSA) is 102 Å². The number of aromatic nitrogens is 3. The lowest BCUT2D eigenvalue weighted by Crippen LogP contribution is -2.31. The fourth-order valence-corrected chi connectivity index (χ4v) is 4.28. The van der Waals surface area contributed by atoms with E-state index in [1.807, 2.05) is 6.92 Å². The van der Waals surface area contributed by atoms with Crippen LogP contribution in [-0.2, 0) is 16.4 Å². The molecule has 1 aliphatic heterocycles. The zero-order valence-corrected chi connectivity index (χ0v) is 16.5. The van der Waals surface area contributed by atoms with Crippen molar-refractivity contribution in [3.05, 3.63) is 77.1 Å². The van der Waals surface area contributed by atoms with Gasteiger partial charge in [0, 0.05) is 6.54 Å². The molecule has 29 heavy (non-hydrogen) atoms. The van der Waals surface area contributed by atoms with Gasteiger partial charge in [0.1, 0.15) is 0 Å². The number of hydrogen-bond donors (Lipinski definition) is 0. The van der Waals surface area contributed by atoms with Crippen LogP contribution in [0.3, 0.4) is 0 Å². The van der Waals surface area contributed by atoms with Gasteiger partial charge >= 0.3 is 0 Å². The number of hydrogen-bond acceptors (Lipinski definition) is 6. The molecule has 0 saturated heterocycles. The van der Waals surface area contributed by atoms with Crippen molar-refractivity contribution in [2.75, 3.05) is 6.54 Å². The van der Waals surface area contributed by atoms with Crippen molar-refractivity contribution in [2.24, 2.45) is 0 Å². The minimum absolute atomic E-state index is 0.130. The summed E-state index contributed by atoms with van der Waals surface area (Å²) >= 11 is 0. The summed E-state index contributed by atoms with van der Waals surface area (Å²) < 4.78 is 26.1. The molecule has 9 heteroatoms. The van der Waals surface area contributed by atoms with Gasteiger partial charge in [-0.05, 0) is 44.0 Å². The maximum absolute atomic E-state index is 12.6. The highest BCUT2D eigenvalue weighted by atomic mass is 32.2.